The molecule has 1 aliphatic heterocycles. The number of ether oxygens (including phenoxy) is 4. The summed E-state index contributed by atoms with van der Waals surface area (Å²) in [7, 11) is -1.36. The fourth-order valence-electron chi connectivity index (χ4n) is 3.98. The van der Waals surface area contributed by atoms with E-state index in [1.807, 2.05) is 0 Å². The van der Waals surface area contributed by atoms with Crippen molar-refractivity contribution in [2.24, 2.45) is 7.05 Å². The smallest absolute Gasteiger partial charge is 0.356 e. The second-order valence-corrected chi connectivity index (χ2v) is 10.5. The number of amides is 1. The standard InChI is InChI=1S/C27H24N4O9S/c1-31-25(13-19(30-31)27(33)34)40-22-10-8-17(29-26(32)18-5-3-4-6-20(18)37-2)12-24(22)41(35,36)28-14-16-7-9-21-23(11-16)39-15-38-21/h3-13,28H,14-15H2,1-2H3,(H,29,32)(H,33,34). The van der Waals surface area contributed by atoms with Crippen molar-refractivity contribution in [1.82, 2.24) is 14.5 Å². The number of rotatable bonds is 10. The molecule has 41 heavy (non-hydrogen) atoms. The Kier molecular flexibility index (Phi) is 7.50. The number of carbonyl (C=O) groups excluding carboxylic acids is 1. The predicted molar refractivity (Wildman–Crippen MR) is 144 cm³/mol. The summed E-state index contributed by atoms with van der Waals surface area (Å²) >= 11 is 0. The van der Waals surface area contributed by atoms with Crippen LogP contribution in [0.4, 0.5) is 5.69 Å². The molecule has 4 aromatic rings. The number of para-hydroxylation sites is 1. The van der Waals surface area contributed by atoms with Gasteiger partial charge in [-0.05, 0) is 48.0 Å². The number of sulfonamides is 1. The topological polar surface area (TPSA) is 167 Å². The van der Waals surface area contributed by atoms with Crippen LogP contribution in [-0.4, -0.2) is 49.1 Å². The number of carboxylic acids is 1. The Labute approximate surface area is 234 Å². The molecule has 1 aliphatic rings. The molecule has 0 radical (unpaired) electrons. The molecule has 3 N–H and O–H groups in total. The molecule has 3 aromatic carbocycles. The number of hydrogen-bond donors (Lipinski definition) is 3. The Bertz CT molecular complexity index is 1750. The predicted octanol–water partition coefficient (Wildman–Crippen LogP) is 3.38. The molecule has 1 amide bonds. The first-order chi connectivity index (χ1) is 19.6. The molecule has 5 rings (SSSR count). The summed E-state index contributed by atoms with van der Waals surface area (Å²) in [6.07, 6.45) is 0. The molecule has 0 fully saturated rings. The number of methoxy groups -OCH3 is 1. The van der Waals surface area contributed by atoms with Gasteiger partial charge < -0.3 is 29.4 Å². The maximum absolute atomic E-state index is 13.6. The van der Waals surface area contributed by atoms with E-state index < -0.39 is 21.9 Å². The Morgan fingerprint density at radius 2 is 1.80 bits per heavy atom. The van der Waals surface area contributed by atoms with Crippen LogP contribution in [0.5, 0.6) is 28.9 Å². The number of aryl methyl sites for hydroxylation is 1. The molecule has 0 spiro atoms. The number of benzene rings is 3. The molecule has 212 valence electrons. The highest BCUT2D eigenvalue weighted by molar-refractivity contribution is 7.89. The number of aromatic nitrogens is 2. The van der Waals surface area contributed by atoms with Gasteiger partial charge in [0.15, 0.2) is 17.2 Å². The van der Waals surface area contributed by atoms with Gasteiger partial charge in [0.2, 0.25) is 22.7 Å². The van der Waals surface area contributed by atoms with E-state index >= 15 is 0 Å². The second-order valence-electron chi connectivity index (χ2n) is 8.73. The summed E-state index contributed by atoms with van der Waals surface area (Å²) in [5, 5.41) is 15.8. The number of hydrogen-bond acceptors (Lipinski definition) is 9. The van der Waals surface area contributed by atoms with Gasteiger partial charge in [0, 0.05) is 25.3 Å². The number of aromatic carboxylic acids is 1. The van der Waals surface area contributed by atoms with Crippen molar-refractivity contribution in [2.45, 2.75) is 11.4 Å². The van der Waals surface area contributed by atoms with Crippen LogP contribution in [0.3, 0.4) is 0 Å². The van der Waals surface area contributed by atoms with Crippen LogP contribution >= 0.6 is 0 Å². The molecule has 1 aromatic heterocycles. The first kappa shape index (κ1) is 27.5. The minimum Gasteiger partial charge on any atom is -0.496 e. The van der Waals surface area contributed by atoms with E-state index in [0.717, 1.165) is 10.7 Å². The van der Waals surface area contributed by atoms with Gasteiger partial charge in [-0.15, -0.1) is 0 Å². The van der Waals surface area contributed by atoms with Crippen LogP contribution in [0, 0.1) is 0 Å². The SMILES string of the molecule is COc1ccccc1C(=O)Nc1ccc(Oc2cc(C(=O)O)nn2C)c(S(=O)(=O)NCc2ccc3c(c2)OCO3)c1. The molecule has 0 atom stereocenters. The van der Waals surface area contributed by atoms with E-state index in [2.05, 4.69) is 15.1 Å². The van der Waals surface area contributed by atoms with Crippen LogP contribution in [0.25, 0.3) is 0 Å². The zero-order chi connectivity index (χ0) is 29.1. The molecule has 14 heteroatoms. The van der Waals surface area contributed by atoms with Crippen LogP contribution in [0.1, 0.15) is 26.4 Å². The molecule has 0 aliphatic carbocycles. The average molecular weight is 581 g/mol. The maximum Gasteiger partial charge on any atom is 0.356 e. The highest BCUT2D eigenvalue weighted by Gasteiger charge is 2.24. The number of fused-ring (bicyclic) bond motifs is 1. The molecular weight excluding hydrogens is 556 g/mol. The van der Waals surface area contributed by atoms with E-state index in [1.165, 1.54) is 32.4 Å². The molecule has 0 bridgehead atoms. The number of nitrogens with zero attached hydrogens (tertiary/aromatic N) is 2. The van der Waals surface area contributed by atoms with E-state index in [9.17, 15) is 23.1 Å². The lowest BCUT2D eigenvalue weighted by Gasteiger charge is -2.15. The highest BCUT2D eigenvalue weighted by Crippen LogP contribution is 2.34. The van der Waals surface area contributed by atoms with E-state index in [-0.39, 0.29) is 46.8 Å². The maximum atomic E-state index is 13.6. The van der Waals surface area contributed by atoms with Crippen molar-refractivity contribution in [3.8, 4) is 28.9 Å². The monoisotopic (exact) mass is 580 g/mol. The zero-order valence-electron chi connectivity index (χ0n) is 21.8. The lowest BCUT2D eigenvalue weighted by molar-refractivity contribution is 0.0689. The normalized spacial score (nSPS) is 12.1. The van der Waals surface area contributed by atoms with Crippen molar-refractivity contribution < 1.29 is 42.1 Å². The molecule has 0 unspecified atom stereocenters. The van der Waals surface area contributed by atoms with Crippen LogP contribution in [0.15, 0.2) is 71.6 Å². The van der Waals surface area contributed by atoms with Crippen LogP contribution < -0.4 is 29.0 Å². The fraction of sp³-hybridized carbons (Fsp3) is 0.148. The first-order valence-electron chi connectivity index (χ1n) is 12.1. The third-order valence-electron chi connectivity index (χ3n) is 6.02. The zero-order valence-corrected chi connectivity index (χ0v) is 22.6. The number of carbonyl (C=O) groups is 2. The summed E-state index contributed by atoms with van der Waals surface area (Å²) < 4.78 is 52.5. The van der Waals surface area contributed by atoms with Gasteiger partial charge in [-0.3, -0.25) is 4.79 Å². The van der Waals surface area contributed by atoms with Crippen molar-refractivity contribution in [2.75, 3.05) is 19.2 Å². The summed E-state index contributed by atoms with van der Waals surface area (Å²) in [5.41, 5.74) is 0.733. The van der Waals surface area contributed by atoms with Crippen molar-refractivity contribution >= 4 is 27.6 Å². The first-order valence-corrected chi connectivity index (χ1v) is 13.5. The minimum absolute atomic E-state index is 0.0135. The van der Waals surface area contributed by atoms with E-state index in [0.29, 0.717) is 22.8 Å². The molecule has 13 nitrogen and oxygen atoms in total. The Balaban J connectivity index is 1.46. The number of nitrogens with one attached hydrogen (secondary N) is 2. The fourth-order valence-corrected chi connectivity index (χ4v) is 5.15. The molecule has 0 saturated heterocycles. The van der Waals surface area contributed by atoms with Gasteiger partial charge in [-0.2, -0.15) is 5.10 Å². The minimum atomic E-state index is -4.25. The molecule has 0 saturated carbocycles. The lowest BCUT2D eigenvalue weighted by atomic mass is 10.2. The summed E-state index contributed by atoms with van der Waals surface area (Å²) in [4.78, 5) is 24.0. The van der Waals surface area contributed by atoms with Gasteiger partial charge in [0.25, 0.3) is 5.91 Å². The number of anilines is 1. The quantitative estimate of drug-likeness (QED) is 0.253. The Hall–Kier alpha value is -5.08. The third-order valence-corrected chi connectivity index (χ3v) is 7.44. The lowest BCUT2D eigenvalue weighted by Crippen LogP contribution is -2.24. The van der Waals surface area contributed by atoms with Gasteiger partial charge >= 0.3 is 5.97 Å². The summed E-state index contributed by atoms with van der Waals surface area (Å²) in [6, 6.07) is 16.8. The summed E-state index contributed by atoms with van der Waals surface area (Å²) in [5.74, 6) is -0.541. The van der Waals surface area contributed by atoms with E-state index in [4.69, 9.17) is 18.9 Å². The van der Waals surface area contributed by atoms with Crippen molar-refractivity contribution in [1.29, 1.82) is 0 Å². The summed E-state index contributed by atoms with van der Waals surface area (Å²) in [6.45, 7) is -0.0126. The van der Waals surface area contributed by atoms with Gasteiger partial charge in [0.05, 0.1) is 12.7 Å². The van der Waals surface area contributed by atoms with Crippen LogP contribution in [0.2, 0.25) is 0 Å². The third kappa shape index (κ3) is 5.92. The average Bonchev–Trinajstić information content (AvgIpc) is 3.58. The Morgan fingerprint density at radius 1 is 1.02 bits per heavy atom. The highest BCUT2D eigenvalue weighted by atomic mass is 32.2. The number of carboxylic acid groups (broad SMARTS) is 1. The largest absolute Gasteiger partial charge is 0.496 e. The van der Waals surface area contributed by atoms with Gasteiger partial charge in [0.1, 0.15) is 16.4 Å². The van der Waals surface area contributed by atoms with Crippen LogP contribution in [-0.2, 0) is 23.6 Å². The molecule has 2 heterocycles. The van der Waals surface area contributed by atoms with Gasteiger partial charge in [-0.25, -0.2) is 22.6 Å². The Morgan fingerprint density at radius 3 is 2.56 bits per heavy atom. The van der Waals surface area contributed by atoms with E-state index in [1.54, 1.807) is 42.5 Å². The van der Waals surface area contributed by atoms with Crippen molar-refractivity contribution in [3.05, 3.63) is 83.6 Å². The molecular formula is C27H24N4O9S. The van der Waals surface area contributed by atoms with Gasteiger partial charge in [-0.1, -0.05) is 18.2 Å². The van der Waals surface area contributed by atoms with Crippen molar-refractivity contribution in [3.63, 3.8) is 0 Å². The second kappa shape index (κ2) is 11.2.